The molecule has 0 radical (unpaired) electrons. The van der Waals surface area contributed by atoms with Crippen molar-refractivity contribution in [1.29, 1.82) is 0 Å². The van der Waals surface area contributed by atoms with Crippen molar-refractivity contribution >= 4 is 27.3 Å². The minimum Gasteiger partial charge on any atom is -0.380 e. The second kappa shape index (κ2) is 6.05. The molecular weight excluding hydrogens is 320 g/mol. The number of aryl methyl sites for hydroxylation is 1. The van der Waals surface area contributed by atoms with Crippen molar-refractivity contribution in [3.8, 4) is 0 Å². The van der Waals surface area contributed by atoms with Crippen LogP contribution in [0.4, 0.5) is 11.4 Å². The molecule has 0 aliphatic rings. The third-order valence-corrected chi connectivity index (χ3v) is 4.01. The van der Waals surface area contributed by atoms with Gasteiger partial charge in [0.1, 0.15) is 0 Å². The Hall–Kier alpha value is -1.88. The summed E-state index contributed by atoms with van der Waals surface area (Å²) < 4.78 is 0.692. The number of nitro groups is 1. The molecule has 0 saturated heterocycles. The number of non-ortho nitro benzene ring substituents is 1. The van der Waals surface area contributed by atoms with Gasteiger partial charge >= 0.3 is 0 Å². The normalized spacial score (nSPS) is 10.3. The zero-order valence-electron chi connectivity index (χ0n) is 11.3. The molecule has 0 unspecified atom stereocenters. The van der Waals surface area contributed by atoms with Gasteiger partial charge in [-0.2, -0.15) is 0 Å². The molecule has 4 nitrogen and oxygen atoms in total. The number of hydrogen-bond acceptors (Lipinski definition) is 3. The molecule has 1 N–H and O–H groups in total. The Morgan fingerprint density at radius 3 is 2.65 bits per heavy atom. The molecule has 0 fully saturated rings. The minimum absolute atomic E-state index is 0.0779. The molecule has 2 aromatic carbocycles. The maximum absolute atomic E-state index is 10.7. The Bertz CT molecular complexity index is 656. The number of rotatable bonds is 4. The first-order valence-electron chi connectivity index (χ1n) is 6.22. The molecule has 0 aromatic heterocycles. The highest BCUT2D eigenvalue weighted by Gasteiger charge is 2.09. The minimum atomic E-state index is -0.404. The molecule has 104 valence electrons. The fourth-order valence-corrected chi connectivity index (χ4v) is 2.46. The van der Waals surface area contributed by atoms with Crippen LogP contribution < -0.4 is 5.32 Å². The highest BCUT2D eigenvalue weighted by Crippen LogP contribution is 2.27. The Balaban J connectivity index is 2.15. The van der Waals surface area contributed by atoms with E-state index < -0.39 is 4.92 Å². The van der Waals surface area contributed by atoms with E-state index in [0.717, 1.165) is 5.69 Å². The van der Waals surface area contributed by atoms with Crippen molar-refractivity contribution in [3.05, 3.63) is 67.7 Å². The highest BCUT2D eigenvalue weighted by atomic mass is 79.9. The van der Waals surface area contributed by atoms with Gasteiger partial charge in [0.05, 0.1) is 4.92 Å². The van der Waals surface area contributed by atoms with Crippen LogP contribution >= 0.6 is 15.9 Å². The lowest BCUT2D eigenvalue weighted by atomic mass is 10.0. The predicted molar refractivity (Wildman–Crippen MR) is 84.0 cm³/mol. The van der Waals surface area contributed by atoms with Gasteiger partial charge < -0.3 is 5.32 Å². The van der Waals surface area contributed by atoms with E-state index in [-0.39, 0.29) is 5.69 Å². The molecule has 0 spiro atoms. The van der Waals surface area contributed by atoms with E-state index in [1.54, 1.807) is 6.07 Å². The number of nitrogens with zero attached hydrogens (tertiary/aromatic N) is 1. The predicted octanol–water partition coefficient (Wildman–Crippen LogP) is 4.59. The van der Waals surface area contributed by atoms with Crippen molar-refractivity contribution in [2.24, 2.45) is 0 Å². The summed E-state index contributed by atoms with van der Waals surface area (Å²) >= 11 is 3.36. The average molecular weight is 335 g/mol. The van der Waals surface area contributed by atoms with Crippen LogP contribution in [0.5, 0.6) is 0 Å². The molecule has 0 aliphatic heterocycles. The molecule has 0 amide bonds. The largest absolute Gasteiger partial charge is 0.380 e. The first kappa shape index (κ1) is 14.5. The summed E-state index contributed by atoms with van der Waals surface area (Å²) in [6.45, 7) is 4.86. The standard InChI is InChI=1S/C15H15BrN2O2/c1-10-4-3-5-12(11(10)2)9-17-15-7-6-13(18(19)20)8-14(15)16/h3-8,17H,9H2,1-2H3. The van der Waals surface area contributed by atoms with Crippen molar-refractivity contribution in [2.45, 2.75) is 20.4 Å². The number of nitro benzene ring substituents is 1. The lowest BCUT2D eigenvalue weighted by molar-refractivity contribution is -0.384. The summed E-state index contributed by atoms with van der Waals surface area (Å²) in [7, 11) is 0. The van der Waals surface area contributed by atoms with E-state index in [9.17, 15) is 10.1 Å². The summed E-state index contributed by atoms with van der Waals surface area (Å²) in [6.07, 6.45) is 0. The second-order valence-electron chi connectivity index (χ2n) is 4.63. The van der Waals surface area contributed by atoms with Crippen LogP contribution in [0, 0.1) is 24.0 Å². The van der Waals surface area contributed by atoms with Crippen LogP contribution in [0.15, 0.2) is 40.9 Å². The van der Waals surface area contributed by atoms with Crippen molar-refractivity contribution in [1.82, 2.24) is 0 Å². The van der Waals surface area contributed by atoms with Gasteiger partial charge in [-0.3, -0.25) is 10.1 Å². The highest BCUT2D eigenvalue weighted by molar-refractivity contribution is 9.10. The Kier molecular flexibility index (Phi) is 4.39. The van der Waals surface area contributed by atoms with Crippen LogP contribution in [0.25, 0.3) is 0 Å². The Morgan fingerprint density at radius 1 is 1.25 bits per heavy atom. The summed E-state index contributed by atoms with van der Waals surface area (Å²) in [6, 6.07) is 10.9. The maximum Gasteiger partial charge on any atom is 0.270 e. The fourth-order valence-electron chi connectivity index (χ4n) is 1.95. The zero-order chi connectivity index (χ0) is 14.7. The molecule has 0 bridgehead atoms. The van der Waals surface area contributed by atoms with Gasteiger partial charge in [0.15, 0.2) is 0 Å². The second-order valence-corrected chi connectivity index (χ2v) is 5.49. The number of benzene rings is 2. The van der Waals surface area contributed by atoms with Crippen LogP contribution in [-0.4, -0.2) is 4.92 Å². The van der Waals surface area contributed by atoms with Gasteiger partial charge in [-0.15, -0.1) is 0 Å². The molecular formula is C15H15BrN2O2. The summed E-state index contributed by atoms with van der Waals surface area (Å²) in [5.74, 6) is 0. The molecule has 2 rings (SSSR count). The van der Waals surface area contributed by atoms with Crippen molar-refractivity contribution in [3.63, 3.8) is 0 Å². The molecule has 2 aromatic rings. The summed E-state index contributed by atoms with van der Waals surface area (Å²) in [4.78, 5) is 10.3. The van der Waals surface area contributed by atoms with Crippen LogP contribution in [-0.2, 0) is 6.54 Å². The third kappa shape index (κ3) is 3.17. The maximum atomic E-state index is 10.7. The lowest BCUT2D eigenvalue weighted by Crippen LogP contribution is -2.03. The zero-order valence-corrected chi connectivity index (χ0v) is 12.9. The van der Waals surface area contributed by atoms with Gasteiger partial charge in [0.25, 0.3) is 5.69 Å². The molecule has 0 saturated carbocycles. The van der Waals surface area contributed by atoms with Gasteiger partial charge in [-0.05, 0) is 52.5 Å². The summed E-state index contributed by atoms with van der Waals surface area (Å²) in [5, 5.41) is 14.0. The van der Waals surface area contributed by atoms with Crippen LogP contribution in [0.2, 0.25) is 0 Å². The van der Waals surface area contributed by atoms with E-state index in [1.165, 1.54) is 28.8 Å². The quantitative estimate of drug-likeness (QED) is 0.657. The SMILES string of the molecule is Cc1cccc(CNc2ccc([N+](=O)[O-])cc2Br)c1C. The van der Waals surface area contributed by atoms with Gasteiger partial charge in [-0.25, -0.2) is 0 Å². The van der Waals surface area contributed by atoms with Crippen molar-refractivity contribution < 1.29 is 4.92 Å². The fraction of sp³-hybridized carbons (Fsp3) is 0.200. The molecule has 0 heterocycles. The van der Waals surface area contributed by atoms with Crippen molar-refractivity contribution in [2.75, 3.05) is 5.32 Å². The Morgan fingerprint density at radius 2 is 2.00 bits per heavy atom. The third-order valence-electron chi connectivity index (χ3n) is 3.35. The molecule has 0 atom stereocenters. The average Bonchev–Trinajstić information content (AvgIpc) is 2.41. The van der Waals surface area contributed by atoms with Crippen LogP contribution in [0.1, 0.15) is 16.7 Å². The monoisotopic (exact) mass is 334 g/mol. The van der Waals surface area contributed by atoms with E-state index >= 15 is 0 Å². The first-order chi connectivity index (χ1) is 9.49. The molecule has 0 aliphatic carbocycles. The smallest absolute Gasteiger partial charge is 0.270 e. The molecule has 20 heavy (non-hydrogen) atoms. The molecule has 5 heteroatoms. The van der Waals surface area contributed by atoms with Gasteiger partial charge in [0, 0.05) is 28.8 Å². The summed E-state index contributed by atoms with van der Waals surface area (Å²) in [5.41, 5.74) is 4.66. The van der Waals surface area contributed by atoms with E-state index in [2.05, 4.69) is 47.2 Å². The van der Waals surface area contributed by atoms with E-state index in [4.69, 9.17) is 0 Å². The topological polar surface area (TPSA) is 55.2 Å². The van der Waals surface area contributed by atoms with E-state index in [0.29, 0.717) is 11.0 Å². The number of halogens is 1. The number of anilines is 1. The lowest BCUT2D eigenvalue weighted by Gasteiger charge is -2.12. The first-order valence-corrected chi connectivity index (χ1v) is 7.01. The van der Waals surface area contributed by atoms with Gasteiger partial charge in [-0.1, -0.05) is 18.2 Å². The Labute approximate surface area is 126 Å². The number of nitrogens with one attached hydrogen (secondary N) is 1. The van der Waals surface area contributed by atoms with Gasteiger partial charge in [0.2, 0.25) is 0 Å². The number of hydrogen-bond donors (Lipinski definition) is 1. The van der Waals surface area contributed by atoms with Crippen LogP contribution in [0.3, 0.4) is 0 Å². The van der Waals surface area contributed by atoms with E-state index in [1.807, 2.05) is 6.07 Å².